The topological polar surface area (TPSA) is 40.5 Å². The Labute approximate surface area is 101 Å². The van der Waals surface area contributed by atoms with E-state index in [9.17, 15) is 4.79 Å². The lowest BCUT2D eigenvalue weighted by molar-refractivity contribution is 0.0751. The summed E-state index contributed by atoms with van der Waals surface area (Å²) in [6, 6.07) is 7.25. The molecule has 4 heteroatoms. The summed E-state index contributed by atoms with van der Waals surface area (Å²) >= 11 is 4.26. The molecule has 88 valence electrons. The standard InChI is InChI=1S/C12H17NO2S/c1-2-13(8-5-9-14)12(15)10-6-3-4-7-11(10)16/h3-4,6-7,14,16H,2,5,8-9H2,1H3. The van der Waals surface area contributed by atoms with Gasteiger partial charge in [-0.2, -0.15) is 0 Å². The van der Waals surface area contributed by atoms with Crippen molar-refractivity contribution in [1.29, 1.82) is 0 Å². The minimum absolute atomic E-state index is 0.0263. The molecule has 16 heavy (non-hydrogen) atoms. The second kappa shape index (κ2) is 6.55. The lowest BCUT2D eigenvalue weighted by Gasteiger charge is -2.21. The maximum Gasteiger partial charge on any atom is 0.254 e. The van der Waals surface area contributed by atoms with Crippen LogP contribution < -0.4 is 0 Å². The van der Waals surface area contributed by atoms with Gasteiger partial charge in [0, 0.05) is 24.6 Å². The summed E-state index contributed by atoms with van der Waals surface area (Å²) in [6.45, 7) is 3.25. The van der Waals surface area contributed by atoms with Gasteiger partial charge in [-0.1, -0.05) is 12.1 Å². The van der Waals surface area contributed by atoms with Crippen molar-refractivity contribution in [1.82, 2.24) is 4.90 Å². The summed E-state index contributed by atoms with van der Waals surface area (Å²) in [6.07, 6.45) is 0.605. The summed E-state index contributed by atoms with van der Waals surface area (Å²) in [7, 11) is 0. The van der Waals surface area contributed by atoms with Crippen LogP contribution in [0.15, 0.2) is 29.2 Å². The van der Waals surface area contributed by atoms with E-state index in [1.807, 2.05) is 19.1 Å². The molecule has 0 saturated carbocycles. The maximum absolute atomic E-state index is 12.1. The minimum Gasteiger partial charge on any atom is -0.396 e. The Morgan fingerprint density at radius 3 is 2.69 bits per heavy atom. The highest BCUT2D eigenvalue weighted by atomic mass is 32.1. The number of carbonyl (C=O) groups is 1. The molecule has 0 aliphatic heterocycles. The number of nitrogens with zero attached hydrogens (tertiary/aromatic N) is 1. The van der Waals surface area contributed by atoms with Gasteiger partial charge in [0.25, 0.3) is 5.91 Å². The molecule has 1 amide bonds. The van der Waals surface area contributed by atoms with Gasteiger partial charge < -0.3 is 10.0 Å². The zero-order valence-corrected chi connectivity index (χ0v) is 10.3. The van der Waals surface area contributed by atoms with E-state index >= 15 is 0 Å². The second-order valence-electron chi connectivity index (χ2n) is 3.48. The SMILES string of the molecule is CCN(CCCO)C(=O)c1ccccc1S. The molecule has 0 aromatic heterocycles. The monoisotopic (exact) mass is 239 g/mol. The van der Waals surface area contributed by atoms with E-state index < -0.39 is 0 Å². The smallest absolute Gasteiger partial charge is 0.254 e. The van der Waals surface area contributed by atoms with Gasteiger partial charge in [0.2, 0.25) is 0 Å². The molecule has 0 saturated heterocycles. The van der Waals surface area contributed by atoms with Crippen molar-refractivity contribution in [3.05, 3.63) is 29.8 Å². The second-order valence-corrected chi connectivity index (χ2v) is 3.96. The van der Waals surface area contributed by atoms with E-state index in [2.05, 4.69) is 12.6 Å². The maximum atomic E-state index is 12.1. The lowest BCUT2D eigenvalue weighted by atomic mass is 10.2. The third kappa shape index (κ3) is 3.25. The van der Waals surface area contributed by atoms with Gasteiger partial charge >= 0.3 is 0 Å². The average Bonchev–Trinajstić information content (AvgIpc) is 2.30. The van der Waals surface area contributed by atoms with Gasteiger partial charge in [-0.05, 0) is 25.5 Å². The first-order valence-electron chi connectivity index (χ1n) is 5.38. The molecular formula is C12H17NO2S. The number of benzene rings is 1. The summed E-state index contributed by atoms with van der Waals surface area (Å²) < 4.78 is 0. The fraction of sp³-hybridized carbons (Fsp3) is 0.417. The van der Waals surface area contributed by atoms with Gasteiger partial charge in [0.05, 0.1) is 5.56 Å². The fourth-order valence-electron chi connectivity index (χ4n) is 1.49. The van der Waals surface area contributed by atoms with Crippen LogP contribution in [-0.2, 0) is 0 Å². The van der Waals surface area contributed by atoms with Crippen molar-refractivity contribution in [3.63, 3.8) is 0 Å². The van der Waals surface area contributed by atoms with Crippen molar-refractivity contribution in [2.24, 2.45) is 0 Å². The molecule has 3 nitrogen and oxygen atoms in total. The quantitative estimate of drug-likeness (QED) is 0.770. The van der Waals surface area contributed by atoms with Gasteiger partial charge in [-0.3, -0.25) is 4.79 Å². The molecule has 0 spiro atoms. The predicted octanol–water partition coefficient (Wildman–Crippen LogP) is 1.82. The summed E-state index contributed by atoms with van der Waals surface area (Å²) in [5.74, 6) is -0.0263. The van der Waals surface area contributed by atoms with Crippen molar-refractivity contribution >= 4 is 18.5 Å². The first-order valence-corrected chi connectivity index (χ1v) is 5.83. The van der Waals surface area contributed by atoms with Crippen LogP contribution in [0.25, 0.3) is 0 Å². The van der Waals surface area contributed by atoms with Gasteiger partial charge in [0.15, 0.2) is 0 Å². The Morgan fingerprint density at radius 1 is 1.44 bits per heavy atom. The molecular weight excluding hydrogens is 222 g/mol. The Hall–Kier alpha value is -1.00. The van der Waals surface area contributed by atoms with E-state index in [0.717, 1.165) is 0 Å². The molecule has 0 bridgehead atoms. The van der Waals surface area contributed by atoms with E-state index in [1.165, 1.54) is 0 Å². The fourth-order valence-corrected chi connectivity index (χ4v) is 1.75. The first kappa shape index (κ1) is 13.1. The van der Waals surface area contributed by atoms with Crippen LogP contribution in [0, 0.1) is 0 Å². The van der Waals surface area contributed by atoms with Gasteiger partial charge in [0.1, 0.15) is 0 Å². The van der Waals surface area contributed by atoms with Crippen LogP contribution in [0.3, 0.4) is 0 Å². The molecule has 0 fully saturated rings. The third-order valence-corrected chi connectivity index (χ3v) is 2.78. The summed E-state index contributed by atoms with van der Waals surface area (Å²) in [5.41, 5.74) is 0.616. The third-order valence-electron chi connectivity index (χ3n) is 2.39. The number of amides is 1. The number of aliphatic hydroxyl groups is 1. The highest BCUT2D eigenvalue weighted by molar-refractivity contribution is 7.80. The number of rotatable bonds is 5. The van der Waals surface area contributed by atoms with Crippen molar-refractivity contribution in [2.75, 3.05) is 19.7 Å². The molecule has 0 radical (unpaired) electrons. The largest absolute Gasteiger partial charge is 0.396 e. The van der Waals surface area contributed by atoms with Crippen molar-refractivity contribution in [2.45, 2.75) is 18.2 Å². The summed E-state index contributed by atoms with van der Waals surface area (Å²) in [5, 5.41) is 8.76. The zero-order chi connectivity index (χ0) is 12.0. The average molecular weight is 239 g/mol. The first-order chi connectivity index (χ1) is 7.70. The number of carbonyl (C=O) groups excluding carboxylic acids is 1. The Kier molecular flexibility index (Phi) is 5.35. The molecule has 0 aliphatic carbocycles. The highest BCUT2D eigenvalue weighted by Gasteiger charge is 2.15. The Bertz CT molecular complexity index is 355. The Morgan fingerprint density at radius 2 is 2.12 bits per heavy atom. The molecule has 0 heterocycles. The van der Waals surface area contributed by atoms with E-state index in [4.69, 9.17) is 5.11 Å². The predicted molar refractivity (Wildman–Crippen MR) is 67.0 cm³/mol. The molecule has 0 aliphatic rings. The zero-order valence-electron chi connectivity index (χ0n) is 9.39. The number of thiol groups is 1. The number of hydrogen-bond acceptors (Lipinski definition) is 3. The van der Waals surface area contributed by atoms with Crippen LogP contribution in [0.5, 0.6) is 0 Å². The van der Waals surface area contributed by atoms with Crippen LogP contribution in [0.1, 0.15) is 23.7 Å². The van der Waals surface area contributed by atoms with Gasteiger partial charge in [-0.15, -0.1) is 12.6 Å². The van der Waals surface area contributed by atoms with Crippen molar-refractivity contribution < 1.29 is 9.90 Å². The van der Waals surface area contributed by atoms with E-state index in [-0.39, 0.29) is 12.5 Å². The number of hydrogen-bond donors (Lipinski definition) is 2. The van der Waals surface area contributed by atoms with Gasteiger partial charge in [-0.25, -0.2) is 0 Å². The Balaban J connectivity index is 2.79. The van der Waals surface area contributed by atoms with Crippen molar-refractivity contribution in [3.8, 4) is 0 Å². The molecule has 1 aromatic carbocycles. The molecule has 1 rings (SSSR count). The molecule has 1 aromatic rings. The molecule has 0 atom stereocenters. The normalized spacial score (nSPS) is 10.2. The lowest BCUT2D eigenvalue weighted by Crippen LogP contribution is -2.32. The van der Waals surface area contributed by atoms with Crippen LogP contribution >= 0.6 is 12.6 Å². The summed E-state index contributed by atoms with van der Waals surface area (Å²) in [4.78, 5) is 14.5. The van der Waals surface area contributed by atoms with E-state index in [1.54, 1.807) is 17.0 Å². The highest BCUT2D eigenvalue weighted by Crippen LogP contribution is 2.15. The van der Waals surface area contributed by atoms with Crippen LogP contribution in [-0.4, -0.2) is 35.6 Å². The van der Waals surface area contributed by atoms with Crippen LogP contribution in [0.4, 0.5) is 0 Å². The van der Waals surface area contributed by atoms with E-state index in [0.29, 0.717) is 30.0 Å². The number of aliphatic hydroxyl groups excluding tert-OH is 1. The van der Waals surface area contributed by atoms with Crippen LogP contribution in [0.2, 0.25) is 0 Å². The molecule has 0 unspecified atom stereocenters. The molecule has 1 N–H and O–H groups in total. The minimum atomic E-state index is -0.0263.